The Morgan fingerprint density at radius 3 is 2.59 bits per heavy atom. The molecular formula is C29H27ClF2N6O3. The Bertz CT molecular complexity index is 1680. The SMILES string of the molecule is Cc1cnc(-c2ccnc(N3CC4(CCOCC4)C3)n2)cc1-n1c(C)cc(OCc2ncc(F)cc2F)c(Cl)c1=O. The van der Waals surface area contributed by atoms with Crippen molar-refractivity contribution in [3.8, 4) is 22.8 Å². The van der Waals surface area contributed by atoms with Gasteiger partial charge < -0.3 is 14.4 Å². The predicted octanol–water partition coefficient (Wildman–Crippen LogP) is 4.83. The molecule has 212 valence electrons. The molecule has 0 bridgehead atoms. The van der Waals surface area contributed by atoms with Crippen LogP contribution in [0, 0.1) is 30.9 Å². The van der Waals surface area contributed by atoms with Crippen LogP contribution in [0.5, 0.6) is 5.75 Å². The first-order chi connectivity index (χ1) is 19.7. The van der Waals surface area contributed by atoms with E-state index in [1.54, 1.807) is 37.5 Å². The summed E-state index contributed by atoms with van der Waals surface area (Å²) in [6.07, 6.45) is 6.38. The van der Waals surface area contributed by atoms with Crippen molar-refractivity contribution in [2.24, 2.45) is 5.41 Å². The third kappa shape index (κ3) is 5.27. The summed E-state index contributed by atoms with van der Waals surface area (Å²) in [5.74, 6) is -0.929. The van der Waals surface area contributed by atoms with E-state index in [-0.39, 0.29) is 28.5 Å². The minimum atomic E-state index is -0.851. The van der Waals surface area contributed by atoms with E-state index in [0.29, 0.717) is 34.8 Å². The van der Waals surface area contributed by atoms with Crippen molar-refractivity contribution in [1.82, 2.24) is 24.5 Å². The number of anilines is 1. The molecule has 0 saturated carbocycles. The van der Waals surface area contributed by atoms with Gasteiger partial charge in [0, 0.05) is 61.9 Å². The summed E-state index contributed by atoms with van der Waals surface area (Å²) in [5.41, 5.74) is 2.75. The first-order valence-electron chi connectivity index (χ1n) is 13.2. The Morgan fingerprint density at radius 2 is 1.83 bits per heavy atom. The van der Waals surface area contributed by atoms with Crippen LogP contribution in [-0.2, 0) is 11.3 Å². The van der Waals surface area contributed by atoms with Gasteiger partial charge in [0.05, 0.1) is 23.3 Å². The molecule has 4 aromatic rings. The molecule has 0 atom stereocenters. The van der Waals surface area contributed by atoms with Crippen LogP contribution in [0.3, 0.4) is 0 Å². The van der Waals surface area contributed by atoms with Crippen molar-refractivity contribution < 1.29 is 18.3 Å². The van der Waals surface area contributed by atoms with Crippen LogP contribution in [0.2, 0.25) is 5.02 Å². The zero-order valence-corrected chi connectivity index (χ0v) is 23.3. The number of rotatable bonds is 6. The Kier molecular flexibility index (Phi) is 7.16. The predicted molar refractivity (Wildman–Crippen MR) is 149 cm³/mol. The highest BCUT2D eigenvalue weighted by molar-refractivity contribution is 6.31. The van der Waals surface area contributed by atoms with Crippen molar-refractivity contribution in [3.63, 3.8) is 0 Å². The molecule has 2 saturated heterocycles. The summed E-state index contributed by atoms with van der Waals surface area (Å²) < 4.78 is 39.8. The Morgan fingerprint density at radius 1 is 1.05 bits per heavy atom. The van der Waals surface area contributed by atoms with Crippen molar-refractivity contribution in [1.29, 1.82) is 0 Å². The zero-order chi connectivity index (χ0) is 28.7. The summed E-state index contributed by atoms with van der Waals surface area (Å²) in [5, 5.41) is -0.181. The van der Waals surface area contributed by atoms with Gasteiger partial charge in [0.2, 0.25) is 5.95 Å². The Labute approximate surface area is 239 Å². The highest BCUT2D eigenvalue weighted by atomic mass is 35.5. The molecule has 2 aliphatic rings. The largest absolute Gasteiger partial charge is 0.485 e. The maximum absolute atomic E-state index is 14.0. The number of ether oxygens (including phenoxy) is 2. The molecule has 4 aromatic heterocycles. The van der Waals surface area contributed by atoms with Gasteiger partial charge in [0.25, 0.3) is 5.56 Å². The normalized spacial score (nSPS) is 16.1. The van der Waals surface area contributed by atoms with E-state index in [1.807, 2.05) is 6.92 Å². The molecular weight excluding hydrogens is 554 g/mol. The van der Waals surface area contributed by atoms with Gasteiger partial charge in [-0.25, -0.2) is 18.7 Å². The molecule has 6 heterocycles. The second kappa shape index (κ2) is 10.8. The minimum absolute atomic E-state index is 0.0696. The molecule has 41 heavy (non-hydrogen) atoms. The molecule has 2 fully saturated rings. The Balaban J connectivity index is 1.27. The van der Waals surface area contributed by atoms with Gasteiger partial charge in [-0.1, -0.05) is 11.6 Å². The van der Waals surface area contributed by atoms with E-state index in [2.05, 4.69) is 19.9 Å². The summed E-state index contributed by atoms with van der Waals surface area (Å²) in [6.45, 7) is 6.65. The van der Waals surface area contributed by atoms with E-state index < -0.39 is 17.2 Å². The van der Waals surface area contributed by atoms with Crippen molar-refractivity contribution >= 4 is 17.5 Å². The molecule has 0 unspecified atom stereocenters. The summed E-state index contributed by atoms with van der Waals surface area (Å²) in [7, 11) is 0. The lowest BCUT2D eigenvalue weighted by Crippen LogP contribution is -2.59. The summed E-state index contributed by atoms with van der Waals surface area (Å²) in [4.78, 5) is 33.1. The first kappa shape index (κ1) is 27.2. The second-order valence-corrected chi connectivity index (χ2v) is 10.9. The lowest BCUT2D eigenvalue weighted by atomic mass is 9.73. The van der Waals surface area contributed by atoms with Crippen LogP contribution in [0.15, 0.2) is 47.7 Å². The van der Waals surface area contributed by atoms with E-state index in [4.69, 9.17) is 26.1 Å². The Hall–Kier alpha value is -3.96. The molecule has 12 heteroatoms. The number of aromatic nitrogens is 5. The van der Waals surface area contributed by atoms with Crippen LogP contribution in [0.25, 0.3) is 17.1 Å². The van der Waals surface area contributed by atoms with Crippen LogP contribution >= 0.6 is 11.6 Å². The van der Waals surface area contributed by atoms with Gasteiger partial charge in [-0.05, 0) is 44.4 Å². The zero-order valence-electron chi connectivity index (χ0n) is 22.5. The fourth-order valence-corrected chi connectivity index (χ4v) is 5.54. The van der Waals surface area contributed by atoms with E-state index in [9.17, 15) is 13.6 Å². The van der Waals surface area contributed by atoms with E-state index in [1.165, 1.54) is 4.57 Å². The third-order valence-electron chi connectivity index (χ3n) is 7.66. The topological polar surface area (TPSA) is 95.3 Å². The average molecular weight is 581 g/mol. The van der Waals surface area contributed by atoms with Gasteiger partial charge in [0.1, 0.15) is 28.9 Å². The summed E-state index contributed by atoms with van der Waals surface area (Å²) >= 11 is 6.42. The molecule has 0 amide bonds. The molecule has 1 spiro atoms. The van der Waals surface area contributed by atoms with Crippen LogP contribution in [0.1, 0.15) is 29.8 Å². The van der Waals surface area contributed by atoms with Gasteiger partial charge in [-0.2, -0.15) is 0 Å². The van der Waals surface area contributed by atoms with Crippen LogP contribution in [-0.4, -0.2) is 50.8 Å². The van der Waals surface area contributed by atoms with Gasteiger partial charge in [-0.3, -0.25) is 19.3 Å². The smallest absolute Gasteiger partial charge is 0.277 e. The fourth-order valence-electron chi connectivity index (χ4n) is 5.34. The van der Waals surface area contributed by atoms with Crippen LogP contribution in [0.4, 0.5) is 14.7 Å². The number of hydrogen-bond acceptors (Lipinski definition) is 8. The third-order valence-corrected chi connectivity index (χ3v) is 8.01. The quantitative estimate of drug-likeness (QED) is 0.320. The maximum atomic E-state index is 14.0. The van der Waals surface area contributed by atoms with Gasteiger partial charge in [-0.15, -0.1) is 0 Å². The number of aryl methyl sites for hydroxylation is 2. The van der Waals surface area contributed by atoms with Gasteiger partial charge >= 0.3 is 0 Å². The molecule has 0 aromatic carbocycles. The highest BCUT2D eigenvalue weighted by Crippen LogP contribution is 2.41. The fraction of sp³-hybridized carbons (Fsp3) is 0.345. The van der Waals surface area contributed by atoms with E-state index >= 15 is 0 Å². The second-order valence-electron chi connectivity index (χ2n) is 10.5. The average Bonchev–Trinajstić information content (AvgIpc) is 2.95. The first-order valence-corrected chi connectivity index (χ1v) is 13.6. The van der Waals surface area contributed by atoms with Crippen molar-refractivity contribution in [2.75, 3.05) is 31.2 Å². The molecule has 0 aliphatic carbocycles. The van der Waals surface area contributed by atoms with Crippen LogP contribution < -0.4 is 15.2 Å². The number of halogens is 3. The molecule has 0 N–H and O–H groups in total. The number of hydrogen-bond donors (Lipinski definition) is 0. The number of nitrogens with zero attached hydrogens (tertiary/aromatic N) is 6. The monoisotopic (exact) mass is 580 g/mol. The maximum Gasteiger partial charge on any atom is 0.277 e. The van der Waals surface area contributed by atoms with Crippen molar-refractivity contribution in [2.45, 2.75) is 33.3 Å². The van der Waals surface area contributed by atoms with Gasteiger partial charge in [0.15, 0.2) is 5.82 Å². The van der Waals surface area contributed by atoms with Crippen molar-refractivity contribution in [3.05, 3.63) is 86.8 Å². The molecule has 0 radical (unpaired) electrons. The summed E-state index contributed by atoms with van der Waals surface area (Å²) in [6, 6.07) is 5.88. The number of pyridine rings is 3. The lowest BCUT2D eigenvalue weighted by Gasteiger charge is -2.52. The molecule has 2 aliphatic heterocycles. The molecule has 9 nitrogen and oxygen atoms in total. The highest BCUT2D eigenvalue weighted by Gasteiger charge is 2.44. The standard InChI is InChI=1S/C29H27ClF2N6O3/c1-17-12-34-22(21-3-6-33-28(36-21)37-15-29(16-37)4-7-40-8-5-29)11-24(17)38-18(2)9-25(26(30)27(38)39)41-14-23-20(32)10-19(31)13-35-23/h3,6,9-13H,4-5,7-8,14-16H2,1-2H3. The lowest BCUT2D eigenvalue weighted by molar-refractivity contribution is -0.000732. The minimum Gasteiger partial charge on any atom is -0.485 e. The molecule has 6 rings (SSSR count). The van der Waals surface area contributed by atoms with E-state index in [0.717, 1.165) is 50.9 Å².